The summed E-state index contributed by atoms with van der Waals surface area (Å²) in [6.45, 7) is 4.03. The average Bonchev–Trinajstić information content (AvgIpc) is 2.66. The molecule has 8 heteroatoms. The molecule has 2 rings (SSSR count). The lowest BCUT2D eigenvalue weighted by Crippen LogP contribution is -2.51. The third-order valence-corrected chi connectivity index (χ3v) is 4.57. The second kappa shape index (κ2) is 10.2. The number of carbonyl (C=O) groups is 1. The lowest BCUT2D eigenvalue weighted by Gasteiger charge is -2.35. The van der Waals surface area contributed by atoms with Gasteiger partial charge in [0.25, 0.3) is 0 Å². The largest absolute Gasteiger partial charge is 0.493 e. The number of nitrogens with zero attached hydrogens (tertiary/aromatic N) is 1. The minimum absolute atomic E-state index is 0.0812. The number of benzene rings is 1. The molecule has 1 N–H and O–H groups in total. The normalized spacial score (nSPS) is 17.7. The van der Waals surface area contributed by atoms with Crippen LogP contribution in [0, 0.1) is 0 Å². The summed E-state index contributed by atoms with van der Waals surface area (Å²) in [6, 6.07) is 4.80. The second-order valence-electron chi connectivity index (χ2n) is 6.28. The summed E-state index contributed by atoms with van der Waals surface area (Å²) >= 11 is 0. The molecule has 0 aromatic heterocycles. The molecule has 0 bridgehead atoms. The van der Waals surface area contributed by atoms with Gasteiger partial charge in [0.15, 0.2) is 11.5 Å². The van der Waals surface area contributed by atoms with Crippen LogP contribution >= 0.6 is 0 Å². The van der Waals surface area contributed by atoms with Gasteiger partial charge in [-0.05, 0) is 26.0 Å². The molecule has 0 spiro atoms. The Morgan fingerprint density at radius 2 is 2.00 bits per heavy atom. The third kappa shape index (κ3) is 6.18. The van der Waals surface area contributed by atoms with Gasteiger partial charge in [0.1, 0.15) is 0 Å². The lowest BCUT2D eigenvalue weighted by molar-refractivity contribution is -0.117. The van der Waals surface area contributed by atoms with Gasteiger partial charge in [-0.2, -0.15) is 8.78 Å². The van der Waals surface area contributed by atoms with E-state index in [0.717, 1.165) is 13.1 Å². The number of para-hydroxylation sites is 1. The monoisotopic (exact) mass is 384 g/mol. The van der Waals surface area contributed by atoms with Crippen LogP contribution in [0.1, 0.15) is 19.4 Å². The van der Waals surface area contributed by atoms with Crippen molar-refractivity contribution in [2.75, 3.05) is 33.4 Å². The van der Waals surface area contributed by atoms with Gasteiger partial charge in [0.2, 0.25) is 5.91 Å². The molecule has 0 radical (unpaired) electrons. The first-order valence-electron chi connectivity index (χ1n) is 8.84. The lowest BCUT2D eigenvalue weighted by atomic mass is 10.1. The zero-order valence-corrected chi connectivity index (χ0v) is 15.8. The molecule has 2 unspecified atom stereocenters. The Kier molecular flexibility index (Phi) is 7.99. The molecule has 1 saturated heterocycles. The minimum atomic E-state index is -2.99. The first kappa shape index (κ1) is 21.1. The molecule has 1 fully saturated rings. The Morgan fingerprint density at radius 3 is 2.63 bits per heavy atom. The molecule has 6 nitrogen and oxygen atoms in total. The van der Waals surface area contributed by atoms with Gasteiger partial charge < -0.3 is 19.5 Å². The number of methoxy groups -OCH3 is 1. The van der Waals surface area contributed by atoms with Gasteiger partial charge in [-0.3, -0.25) is 9.69 Å². The number of hydrogen-bond donors (Lipinski definition) is 1. The molecule has 1 aliphatic rings. The quantitative estimate of drug-likeness (QED) is 0.698. The summed E-state index contributed by atoms with van der Waals surface area (Å²) in [7, 11) is 1.36. The molecule has 1 amide bonds. The number of carbonyl (C=O) groups excluding carboxylic acids is 1. The Labute approximate surface area is 158 Å². The summed E-state index contributed by atoms with van der Waals surface area (Å²) in [5, 5.41) is 2.91. The number of nitrogens with one attached hydrogen (secondary N) is 1. The molecule has 0 saturated carbocycles. The van der Waals surface area contributed by atoms with Crippen molar-refractivity contribution in [2.24, 2.45) is 0 Å². The van der Waals surface area contributed by atoms with Crippen molar-refractivity contribution < 1.29 is 27.8 Å². The highest BCUT2D eigenvalue weighted by Gasteiger charge is 2.22. The highest BCUT2D eigenvalue weighted by Crippen LogP contribution is 2.33. The summed E-state index contributed by atoms with van der Waals surface area (Å²) in [4.78, 5) is 14.5. The highest BCUT2D eigenvalue weighted by molar-refractivity contribution is 5.92. The van der Waals surface area contributed by atoms with Crippen LogP contribution in [0.15, 0.2) is 24.3 Å². The van der Waals surface area contributed by atoms with E-state index in [9.17, 15) is 13.6 Å². The number of amides is 1. The van der Waals surface area contributed by atoms with E-state index in [2.05, 4.69) is 21.9 Å². The molecular weight excluding hydrogens is 358 g/mol. The zero-order chi connectivity index (χ0) is 19.8. The van der Waals surface area contributed by atoms with Crippen LogP contribution in [0.25, 0.3) is 6.08 Å². The van der Waals surface area contributed by atoms with Crippen LogP contribution < -0.4 is 14.8 Å². The van der Waals surface area contributed by atoms with Crippen molar-refractivity contribution >= 4 is 12.0 Å². The third-order valence-electron chi connectivity index (χ3n) is 4.57. The Morgan fingerprint density at radius 1 is 1.30 bits per heavy atom. The fourth-order valence-electron chi connectivity index (χ4n) is 2.90. The van der Waals surface area contributed by atoms with Gasteiger partial charge in [-0.15, -0.1) is 0 Å². The van der Waals surface area contributed by atoms with Crippen molar-refractivity contribution in [3.05, 3.63) is 29.8 Å². The van der Waals surface area contributed by atoms with E-state index in [1.807, 2.05) is 6.92 Å². The van der Waals surface area contributed by atoms with E-state index < -0.39 is 6.61 Å². The van der Waals surface area contributed by atoms with Crippen LogP contribution in [0.2, 0.25) is 0 Å². The number of rotatable bonds is 8. The molecule has 0 aliphatic carbocycles. The van der Waals surface area contributed by atoms with Crippen LogP contribution in [-0.4, -0.2) is 62.9 Å². The first-order valence-corrected chi connectivity index (χ1v) is 8.84. The Balaban J connectivity index is 2.01. The van der Waals surface area contributed by atoms with Crippen LogP contribution in [0.4, 0.5) is 8.78 Å². The maximum Gasteiger partial charge on any atom is 0.387 e. The van der Waals surface area contributed by atoms with Gasteiger partial charge in [-0.25, -0.2) is 0 Å². The van der Waals surface area contributed by atoms with E-state index >= 15 is 0 Å². The average molecular weight is 384 g/mol. The zero-order valence-electron chi connectivity index (χ0n) is 15.8. The van der Waals surface area contributed by atoms with Crippen LogP contribution in [-0.2, 0) is 9.53 Å². The fraction of sp³-hybridized carbons (Fsp3) is 0.526. The van der Waals surface area contributed by atoms with Gasteiger partial charge in [0, 0.05) is 36.8 Å². The summed E-state index contributed by atoms with van der Waals surface area (Å²) in [5.74, 6) is -0.241. The SMILES string of the molecule is COc1cccc(/C=C/C(=O)NC(C)C(C)N2CCOCC2)c1OC(F)F. The molecule has 1 aliphatic heterocycles. The van der Waals surface area contributed by atoms with E-state index in [1.54, 1.807) is 12.1 Å². The van der Waals surface area contributed by atoms with E-state index in [0.29, 0.717) is 18.8 Å². The highest BCUT2D eigenvalue weighted by atomic mass is 19.3. The molecule has 150 valence electrons. The maximum absolute atomic E-state index is 12.7. The fourth-order valence-corrected chi connectivity index (χ4v) is 2.90. The molecular formula is C19H26F2N2O4. The maximum atomic E-state index is 12.7. The minimum Gasteiger partial charge on any atom is -0.493 e. The number of hydrogen-bond acceptors (Lipinski definition) is 5. The number of alkyl halides is 2. The summed E-state index contributed by atoms with van der Waals surface area (Å²) in [5.41, 5.74) is 0.332. The van der Waals surface area contributed by atoms with Gasteiger partial charge in [0.05, 0.1) is 20.3 Å². The predicted molar refractivity (Wildman–Crippen MR) is 98.1 cm³/mol. The van der Waals surface area contributed by atoms with Crippen molar-refractivity contribution in [3.8, 4) is 11.5 Å². The number of morpholine rings is 1. The molecule has 1 heterocycles. The standard InChI is InChI=1S/C19H26F2N2O4/c1-13(14(2)23-9-11-26-12-10-23)22-17(24)8-7-15-5-4-6-16(25-3)18(15)27-19(20)21/h4-8,13-14,19H,9-12H2,1-3H3,(H,22,24)/b8-7+. The predicted octanol–water partition coefficient (Wildman–Crippen LogP) is 2.54. The van der Waals surface area contributed by atoms with Crippen molar-refractivity contribution in [2.45, 2.75) is 32.5 Å². The smallest absolute Gasteiger partial charge is 0.387 e. The van der Waals surface area contributed by atoms with Crippen LogP contribution in [0.3, 0.4) is 0 Å². The van der Waals surface area contributed by atoms with Gasteiger partial charge >= 0.3 is 6.61 Å². The van der Waals surface area contributed by atoms with Crippen molar-refractivity contribution in [1.29, 1.82) is 0 Å². The number of ether oxygens (including phenoxy) is 3. The summed E-state index contributed by atoms with van der Waals surface area (Å²) in [6.07, 6.45) is 2.73. The van der Waals surface area contributed by atoms with E-state index in [1.165, 1.54) is 25.3 Å². The van der Waals surface area contributed by atoms with Crippen molar-refractivity contribution in [1.82, 2.24) is 10.2 Å². The van der Waals surface area contributed by atoms with Crippen LogP contribution in [0.5, 0.6) is 11.5 Å². The topological polar surface area (TPSA) is 60.0 Å². The summed E-state index contributed by atoms with van der Waals surface area (Å²) < 4.78 is 40.2. The van der Waals surface area contributed by atoms with E-state index in [4.69, 9.17) is 9.47 Å². The first-order chi connectivity index (χ1) is 12.9. The van der Waals surface area contributed by atoms with Gasteiger partial charge in [-0.1, -0.05) is 12.1 Å². The Bertz CT molecular complexity index is 649. The number of halogens is 2. The Hall–Kier alpha value is -2.19. The van der Waals surface area contributed by atoms with Crippen molar-refractivity contribution in [3.63, 3.8) is 0 Å². The second-order valence-corrected chi connectivity index (χ2v) is 6.28. The molecule has 27 heavy (non-hydrogen) atoms. The molecule has 1 aromatic carbocycles. The molecule has 1 aromatic rings. The van der Waals surface area contributed by atoms with E-state index in [-0.39, 0.29) is 29.5 Å². The molecule has 2 atom stereocenters.